The Hall–Kier alpha value is -2.64. The molecular formula is C9H10N6O2. The number of amides is 1. The van der Waals surface area contributed by atoms with Crippen molar-refractivity contribution in [2.75, 3.05) is 18.2 Å². The molecule has 8 nitrogen and oxygen atoms in total. The summed E-state index contributed by atoms with van der Waals surface area (Å²) in [6.45, 7) is 0. The number of anilines is 2. The van der Waals surface area contributed by atoms with E-state index in [0.717, 1.165) is 0 Å². The molecule has 1 aromatic heterocycles. The third-order valence-corrected chi connectivity index (χ3v) is 2.07. The van der Waals surface area contributed by atoms with Crippen molar-refractivity contribution in [2.45, 2.75) is 0 Å². The second-order valence-electron chi connectivity index (χ2n) is 3.13. The van der Waals surface area contributed by atoms with Crippen molar-refractivity contribution in [3.05, 3.63) is 23.8 Å². The van der Waals surface area contributed by atoms with E-state index < -0.39 is 5.91 Å². The van der Waals surface area contributed by atoms with Crippen LogP contribution in [0.15, 0.2) is 18.2 Å². The molecule has 1 amide bonds. The first kappa shape index (κ1) is 10.9. The van der Waals surface area contributed by atoms with Crippen molar-refractivity contribution in [3.63, 3.8) is 0 Å². The fraction of sp³-hybridized carbons (Fsp3) is 0.111. The number of aromatic amines is 1. The maximum Gasteiger partial charge on any atom is 0.261 e. The number of H-pyrrole nitrogens is 1. The van der Waals surface area contributed by atoms with Crippen LogP contribution in [-0.2, 0) is 0 Å². The molecule has 0 saturated heterocycles. The van der Waals surface area contributed by atoms with Gasteiger partial charge in [-0.2, -0.15) is 0 Å². The van der Waals surface area contributed by atoms with Crippen LogP contribution in [0.1, 0.15) is 10.4 Å². The number of nitrogen functional groups attached to an aromatic ring is 1. The van der Waals surface area contributed by atoms with Crippen LogP contribution in [0.25, 0.3) is 0 Å². The van der Waals surface area contributed by atoms with Gasteiger partial charge in [0, 0.05) is 0 Å². The second kappa shape index (κ2) is 4.47. The fourth-order valence-corrected chi connectivity index (χ4v) is 1.35. The number of methoxy groups -OCH3 is 1. The van der Waals surface area contributed by atoms with E-state index >= 15 is 0 Å². The summed E-state index contributed by atoms with van der Waals surface area (Å²) in [6.07, 6.45) is 0. The van der Waals surface area contributed by atoms with Gasteiger partial charge in [0.25, 0.3) is 5.91 Å². The van der Waals surface area contributed by atoms with Gasteiger partial charge in [-0.05, 0) is 22.6 Å². The average molecular weight is 234 g/mol. The summed E-state index contributed by atoms with van der Waals surface area (Å²) < 4.78 is 5.07. The van der Waals surface area contributed by atoms with Crippen LogP contribution in [0.3, 0.4) is 0 Å². The molecule has 88 valence electrons. The lowest BCUT2D eigenvalue weighted by molar-refractivity contribution is 0.102. The molecule has 0 radical (unpaired) electrons. The number of hydrogen-bond acceptors (Lipinski definition) is 6. The highest BCUT2D eigenvalue weighted by molar-refractivity contribution is 6.06. The zero-order chi connectivity index (χ0) is 12.3. The number of ether oxygens (including phenoxy) is 1. The lowest BCUT2D eigenvalue weighted by Gasteiger charge is -2.09. The number of tetrazole rings is 1. The molecule has 17 heavy (non-hydrogen) atoms. The van der Waals surface area contributed by atoms with Crippen LogP contribution in [0.5, 0.6) is 5.75 Å². The number of nitrogens with zero attached hydrogens (tertiary/aromatic N) is 3. The molecule has 1 aromatic carbocycles. The topological polar surface area (TPSA) is 119 Å². The third kappa shape index (κ3) is 2.14. The predicted molar refractivity (Wildman–Crippen MR) is 59.5 cm³/mol. The third-order valence-electron chi connectivity index (χ3n) is 2.07. The Morgan fingerprint density at radius 2 is 2.35 bits per heavy atom. The Balaban J connectivity index is 2.28. The molecule has 2 rings (SSSR count). The molecule has 0 fully saturated rings. The summed E-state index contributed by atoms with van der Waals surface area (Å²) in [5, 5.41) is 15.1. The van der Waals surface area contributed by atoms with E-state index in [-0.39, 0.29) is 5.95 Å². The molecule has 1 heterocycles. The molecule has 0 aliphatic rings. The van der Waals surface area contributed by atoms with Crippen LogP contribution in [-0.4, -0.2) is 33.6 Å². The quantitative estimate of drug-likeness (QED) is 0.645. The first-order valence-corrected chi connectivity index (χ1v) is 4.70. The van der Waals surface area contributed by atoms with E-state index in [1.165, 1.54) is 7.11 Å². The SMILES string of the molecule is COc1c(N)cccc1C(=O)Nc1nnn[nH]1. The summed E-state index contributed by atoms with van der Waals surface area (Å²) in [5.74, 6) is 0.0599. The standard InChI is InChI=1S/C9H10N6O2/c1-17-7-5(3-2-4-6(7)10)8(16)11-9-12-14-15-13-9/h2-4H,10H2,1H3,(H2,11,12,13,14,15,16). The van der Waals surface area contributed by atoms with Crippen molar-refractivity contribution in [1.82, 2.24) is 20.6 Å². The summed E-state index contributed by atoms with van der Waals surface area (Å²) in [6, 6.07) is 4.89. The number of aromatic nitrogens is 4. The molecule has 0 bridgehead atoms. The van der Waals surface area contributed by atoms with Crippen molar-refractivity contribution in [1.29, 1.82) is 0 Å². The van der Waals surface area contributed by atoms with Gasteiger partial charge in [0.05, 0.1) is 18.4 Å². The number of carbonyl (C=O) groups excluding carboxylic acids is 1. The number of rotatable bonds is 3. The molecule has 8 heteroatoms. The predicted octanol–water partition coefficient (Wildman–Crippen LogP) is 0.0428. The first-order valence-electron chi connectivity index (χ1n) is 4.70. The number of nitrogens with two attached hydrogens (primary N) is 1. The zero-order valence-electron chi connectivity index (χ0n) is 8.97. The summed E-state index contributed by atoms with van der Waals surface area (Å²) >= 11 is 0. The molecule has 0 saturated carbocycles. The van der Waals surface area contributed by atoms with E-state index in [4.69, 9.17) is 10.5 Å². The minimum atomic E-state index is -0.410. The van der Waals surface area contributed by atoms with Crippen LogP contribution in [0, 0.1) is 0 Å². The number of carbonyl (C=O) groups is 1. The van der Waals surface area contributed by atoms with E-state index in [2.05, 4.69) is 25.9 Å². The molecule has 0 aliphatic heterocycles. The Morgan fingerprint density at radius 3 is 3.00 bits per heavy atom. The van der Waals surface area contributed by atoms with E-state index in [1.54, 1.807) is 18.2 Å². The van der Waals surface area contributed by atoms with Gasteiger partial charge in [-0.3, -0.25) is 10.1 Å². The lowest BCUT2D eigenvalue weighted by atomic mass is 10.1. The maximum absolute atomic E-state index is 11.9. The minimum Gasteiger partial charge on any atom is -0.494 e. The highest BCUT2D eigenvalue weighted by atomic mass is 16.5. The van der Waals surface area contributed by atoms with Gasteiger partial charge in [0.15, 0.2) is 5.75 Å². The first-order chi connectivity index (χ1) is 8.22. The van der Waals surface area contributed by atoms with Crippen molar-refractivity contribution >= 4 is 17.5 Å². The molecule has 4 N–H and O–H groups in total. The number of benzene rings is 1. The van der Waals surface area contributed by atoms with Gasteiger partial charge in [-0.1, -0.05) is 11.2 Å². The minimum absolute atomic E-state index is 0.152. The highest BCUT2D eigenvalue weighted by Gasteiger charge is 2.15. The van der Waals surface area contributed by atoms with Gasteiger partial charge < -0.3 is 10.5 Å². The lowest BCUT2D eigenvalue weighted by Crippen LogP contribution is -2.14. The molecule has 0 atom stereocenters. The number of hydrogen-bond donors (Lipinski definition) is 3. The van der Waals surface area contributed by atoms with Gasteiger partial charge >= 0.3 is 0 Å². The van der Waals surface area contributed by atoms with E-state index in [0.29, 0.717) is 17.0 Å². The Kier molecular flexibility index (Phi) is 2.86. The summed E-state index contributed by atoms with van der Waals surface area (Å²) in [5.41, 5.74) is 6.38. The number of nitrogens with one attached hydrogen (secondary N) is 2. The van der Waals surface area contributed by atoms with Crippen LogP contribution in [0.2, 0.25) is 0 Å². The van der Waals surface area contributed by atoms with Crippen LogP contribution < -0.4 is 15.8 Å². The molecule has 0 spiro atoms. The normalized spacial score (nSPS) is 9.94. The van der Waals surface area contributed by atoms with Gasteiger partial charge in [-0.15, -0.1) is 0 Å². The Labute approximate surface area is 96.2 Å². The van der Waals surface area contributed by atoms with E-state index in [9.17, 15) is 4.79 Å². The fourth-order valence-electron chi connectivity index (χ4n) is 1.35. The summed E-state index contributed by atoms with van der Waals surface area (Å²) in [7, 11) is 1.44. The highest BCUT2D eigenvalue weighted by Crippen LogP contribution is 2.26. The van der Waals surface area contributed by atoms with Crippen molar-refractivity contribution in [2.24, 2.45) is 0 Å². The van der Waals surface area contributed by atoms with Crippen LogP contribution >= 0.6 is 0 Å². The maximum atomic E-state index is 11.9. The summed E-state index contributed by atoms with van der Waals surface area (Å²) in [4.78, 5) is 11.9. The molecule has 0 unspecified atom stereocenters. The zero-order valence-corrected chi connectivity index (χ0v) is 8.97. The second-order valence-corrected chi connectivity index (χ2v) is 3.13. The Morgan fingerprint density at radius 1 is 1.53 bits per heavy atom. The van der Waals surface area contributed by atoms with Gasteiger partial charge in [-0.25, -0.2) is 5.10 Å². The molecular weight excluding hydrogens is 224 g/mol. The van der Waals surface area contributed by atoms with E-state index in [1.807, 2.05) is 0 Å². The Bertz CT molecular complexity index is 524. The molecule has 2 aromatic rings. The monoisotopic (exact) mass is 234 g/mol. The van der Waals surface area contributed by atoms with Crippen LogP contribution in [0.4, 0.5) is 11.6 Å². The van der Waals surface area contributed by atoms with Crippen molar-refractivity contribution in [3.8, 4) is 5.75 Å². The smallest absolute Gasteiger partial charge is 0.261 e. The number of para-hydroxylation sites is 1. The van der Waals surface area contributed by atoms with Crippen molar-refractivity contribution < 1.29 is 9.53 Å². The largest absolute Gasteiger partial charge is 0.494 e. The molecule has 0 aliphatic carbocycles. The van der Waals surface area contributed by atoms with Gasteiger partial charge in [0.1, 0.15) is 0 Å². The average Bonchev–Trinajstić information content (AvgIpc) is 2.81. The van der Waals surface area contributed by atoms with Gasteiger partial charge in [0.2, 0.25) is 5.95 Å².